The summed E-state index contributed by atoms with van der Waals surface area (Å²) in [6.45, 7) is 7.65. The molecule has 0 aliphatic carbocycles. The summed E-state index contributed by atoms with van der Waals surface area (Å²) in [5, 5.41) is 11.8. The molecule has 0 N–H and O–H groups in total. The van der Waals surface area contributed by atoms with Crippen LogP contribution in [0.25, 0.3) is 5.69 Å². The van der Waals surface area contributed by atoms with Gasteiger partial charge in [0, 0.05) is 70.0 Å². The van der Waals surface area contributed by atoms with Crippen molar-refractivity contribution < 1.29 is 13.3 Å². The van der Waals surface area contributed by atoms with E-state index >= 15 is 0 Å². The van der Waals surface area contributed by atoms with Crippen LogP contribution in [0.4, 0.5) is 11.4 Å². The summed E-state index contributed by atoms with van der Waals surface area (Å²) in [5.74, 6) is 0. The summed E-state index contributed by atoms with van der Waals surface area (Å²) in [7, 11) is -3.77. The molecule has 0 radical (unpaired) electrons. The molecule has 0 saturated carbocycles. The molecule has 1 saturated heterocycles. The molecule has 35 heavy (non-hydrogen) atoms. The Balaban J connectivity index is 1.43. The van der Waals surface area contributed by atoms with Crippen LogP contribution in [0, 0.1) is 10.1 Å². The lowest BCUT2D eigenvalue weighted by Gasteiger charge is -2.36. The molecule has 11 heteroatoms. The van der Waals surface area contributed by atoms with E-state index in [9.17, 15) is 18.5 Å². The largest absolute Gasteiger partial charge is 0.363 e. The van der Waals surface area contributed by atoms with Crippen LogP contribution in [-0.4, -0.2) is 71.4 Å². The Labute approximate surface area is 205 Å². The Bertz CT molecular complexity index is 1250. The van der Waals surface area contributed by atoms with Crippen molar-refractivity contribution in [3.05, 3.63) is 76.9 Å². The molecule has 0 bridgehead atoms. The molecule has 4 rings (SSSR count). The third-order valence-electron chi connectivity index (χ3n) is 6.34. The number of rotatable bonds is 9. The van der Waals surface area contributed by atoms with E-state index in [2.05, 4.69) is 34.1 Å². The SMILES string of the molecule is CCN(CC)S(=O)(=O)c1ccc(N2CCN(Cc3ccc(-n4ccnc4)cc3)CC2)c([N+](=O)[O-])c1. The highest BCUT2D eigenvalue weighted by molar-refractivity contribution is 7.89. The van der Waals surface area contributed by atoms with Crippen molar-refractivity contribution >= 4 is 21.4 Å². The molecule has 2 heterocycles. The fourth-order valence-electron chi connectivity index (χ4n) is 4.38. The van der Waals surface area contributed by atoms with Crippen molar-refractivity contribution in [1.29, 1.82) is 0 Å². The number of hydrogen-bond donors (Lipinski definition) is 0. The summed E-state index contributed by atoms with van der Waals surface area (Å²) in [6.07, 6.45) is 5.41. The molecule has 3 aromatic rings. The smallest absolute Gasteiger partial charge is 0.293 e. The Hall–Kier alpha value is -3.28. The van der Waals surface area contributed by atoms with Crippen LogP contribution in [0.1, 0.15) is 19.4 Å². The molecular weight excluding hydrogens is 468 g/mol. The van der Waals surface area contributed by atoms with Gasteiger partial charge in [0.05, 0.1) is 16.1 Å². The predicted octanol–water partition coefficient (Wildman–Crippen LogP) is 3.13. The average molecular weight is 499 g/mol. The van der Waals surface area contributed by atoms with E-state index in [0.717, 1.165) is 25.3 Å². The van der Waals surface area contributed by atoms with Gasteiger partial charge in [-0.25, -0.2) is 13.4 Å². The van der Waals surface area contributed by atoms with Gasteiger partial charge in [-0.1, -0.05) is 26.0 Å². The first-order valence-electron chi connectivity index (χ1n) is 11.7. The zero-order valence-electron chi connectivity index (χ0n) is 19.9. The van der Waals surface area contributed by atoms with E-state index in [1.165, 1.54) is 22.0 Å². The van der Waals surface area contributed by atoms with Gasteiger partial charge in [-0.05, 0) is 29.8 Å². The Morgan fingerprint density at radius 3 is 2.29 bits per heavy atom. The number of nitro benzene ring substituents is 1. The van der Waals surface area contributed by atoms with E-state index in [-0.39, 0.29) is 10.6 Å². The van der Waals surface area contributed by atoms with Gasteiger partial charge in [-0.3, -0.25) is 15.0 Å². The summed E-state index contributed by atoms with van der Waals surface area (Å²) < 4.78 is 28.9. The second kappa shape index (κ2) is 10.5. The van der Waals surface area contributed by atoms with Crippen molar-refractivity contribution in [2.24, 2.45) is 0 Å². The second-order valence-electron chi connectivity index (χ2n) is 8.40. The van der Waals surface area contributed by atoms with Gasteiger partial charge in [0.1, 0.15) is 5.69 Å². The summed E-state index contributed by atoms with van der Waals surface area (Å²) >= 11 is 0. The van der Waals surface area contributed by atoms with E-state index in [0.29, 0.717) is 31.9 Å². The number of anilines is 1. The van der Waals surface area contributed by atoms with Gasteiger partial charge in [0.25, 0.3) is 5.69 Å². The zero-order chi connectivity index (χ0) is 25.0. The monoisotopic (exact) mass is 498 g/mol. The number of nitrogens with zero attached hydrogens (tertiary/aromatic N) is 6. The normalized spacial score (nSPS) is 15.0. The summed E-state index contributed by atoms with van der Waals surface area (Å²) in [6, 6.07) is 12.6. The van der Waals surface area contributed by atoms with Crippen molar-refractivity contribution in [2.45, 2.75) is 25.3 Å². The molecule has 10 nitrogen and oxygen atoms in total. The third-order valence-corrected chi connectivity index (χ3v) is 8.39. The Morgan fingerprint density at radius 1 is 1.03 bits per heavy atom. The average Bonchev–Trinajstić information content (AvgIpc) is 3.40. The maximum Gasteiger partial charge on any atom is 0.293 e. The van der Waals surface area contributed by atoms with E-state index in [4.69, 9.17) is 0 Å². The van der Waals surface area contributed by atoms with Crippen LogP contribution >= 0.6 is 0 Å². The number of sulfonamides is 1. The molecule has 2 aromatic carbocycles. The van der Waals surface area contributed by atoms with Crippen LogP contribution in [0.5, 0.6) is 0 Å². The molecular formula is C24H30N6O4S. The van der Waals surface area contributed by atoms with Gasteiger partial charge >= 0.3 is 0 Å². The van der Waals surface area contributed by atoms with Crippen LogP contribution < -0.4 is 4.90 Å². The number of benzene rings is 2. The number of hydrogen-bond acceptors (Lipinski definition) is 7. The maximum atomic E-state index is 12.8. The minimum atomic E-state index is -3.77. The molecule has 0 unspecified atom stereocenters. The first kappa shape index (κ1) is 24.8. The minimum Gasteiger partial charge on any atom is -0.363 e. The number of nitro groups is 1. The molecule has 1 fully saturated rings. The zero-order valence-corrected chi connectivity index (χ0v) is 20.8. The highest BCUT2D eigenvalue weighted by Crippen LogP contribution is 2.32. The summed E-state index contributed by atoms with van der Waals surface area (Å²) in [5.41, 5.74) is 2.52. The molecule has 0 amide bonds. The van der Waals surface area contributed by atoms with Crippen LogP contribution in [0.3, 0.4) is 0 Å². The topological polar surface area (TPSA) is 105 Å². The molecule has 0 spiro atoms. The van der Waals surface area contributed by atoms with Crippen LogP contribution in [0.15, 0.2) is 66.1 Å². The highest BCUT2D eigenvalue weighted by atomic mass is 32.2. The van der Waals surface area contributed by atoms with E-state index in [1.54, 1.807) is 32.4 Å². The molecule has 1 aliphatic rings. The highest BCUT2D eigenvalue weighted by Gasteiger charge is 2.28. The number of imidazole rings is 1. The Morgan fingerprint density at radius 2 is 1.71 bits per heavy atom. The van der Waals surface area contributed by atoms with Gasteiger partial charge in [-0.2, -0.15) is 4.31 Å². The summed E-state index contributed by atoms with van der Waals surface area (Å²) in [4.78, 5) is 19.6. The van der Waals surface area contributed by atoms with Crippen molar-refractivity contribution in [3.8, 4) is 5.69 Å². The standard InChI is InChI=1S/C24H30N6O4S/c1-3-29(4-2)35(33,34)22-9-10-23(24(17-22)30(31)32)27-15-13-26(14-16-27)18-20-5-7-21(8-6-20)28-12-11-25-19-28/h5-12,17,19H,3-4,13-16,18H2,1-2H3. The Kier molecular flexibility index (Phi) is 7.48. The van der Waals surface area contributed by atoms with Crippen LogP contribution in [-0.2, 0) is 16.6 Å². The lowest BCUT2D eigenvalue weighted by molar-refractivity contribution is -0.384. The van der Waals surface area contributed by atoms with E-state index in [1.807, 2.05) is 15.7 Å². The number of piperazine rings is 1. The molecule has 1 aromatic heterocycles. The van der Waals surface area contributed by atoms with Gasteiger partial charge < -0.3 is 9.47 Å². The molecule has 186 valence electrons. The maximum absolute atomic E-state index is 12.8. The van der Waals surface area contributed by atoms with Crippen LogP contribution in [0.2, 0.25) is 0 Å². The quantitative estimate of drug-likeness (QED) is 0.330. The molecule has 1 aliphatic heterocycles. The van der Waals surface area contributed by atoms with Gasteiger partial charge in [0.2, 0.25) is 10.0 Å². The first-order valence-corrected chi connectivity index (χ1v) is 13.1. The lowest BCUT2D eigenvalue weighted by Crippen LogP contribution is -2.46. The number of aromatic nitrogens is 2. The van der Waals surface area contributed by atoms with Gasteiger partial charge in [-0.15, -0.1) is 0 Å². The van der Waals surface area contributed by atoms with Crippen molar-refractivity contribution in [1.82, 2.24) is 18.8 Å². The fourth-order valence-corrected chi connectivity index (χ4v) is 5.86. The van der Waals surface area contributed by atoms with E-state index < -0.39 is 14.9 Å². The predicted molar refractivity (Wildman–Crippen MR) is 134 cm³/mol. The van der Waals surface area contributed by atoms with Crippen molar-refractivity contribution in [3.63, 3.8) is 0 Å². The third kappa shape index (κ3) is 5.37. The second-order valence-corrected chi connectivity index (χ2v) is 10.3. The minimum absolute atomic E-state index is 0.0468. The lowest BCUT2D eigenvalue weighted by atomic mass is 10.1. The first-order chi connectivity index (χ1) is 16.8. The molecule has 0 atom stereocenters. The fraction of sp³-hybridized carbons (Fsp3) is 0.375. The van der Waals surface area contributed by atoms with Crippen molar-refractivity contribution in [2.75, 3.05) is 44.2 Å². The van der Waals surface area contributed by atoms with Gasteiger partial charge in [0.15, 0.2) is 0 Å².